The number of thioether (sulfide) groups is 1. The molecule has 0 spiro atoms. The summed E-state index contributed by atoms with van der Waals surface area (Å²) in [7, 11) is 0. The summed E-state index contributed by atoms with van der Waals surface area (Å²) in [6, 6.07) is 14.2. The summed E-state index contributed by atoms with van der Waals surface area (Å²) in [5.41, 5.74) is 7.14. The van der Waals surface area contributed by atoms with E-state index in [9.17, 15) is 4.39 Å². The molecule has 0 aromatic heterocycles. The third kappa shape index (κ3) is 4.86. The van der Waals surface area contributed by atoms with Gasteiger partial charge in [-0.2, -0.15) is 0 Å². The predicted octanol–water partition coefficient (Wildman–Crippen LogP) is 4.14. The van der Waals surface area contributed by atoms with Gasteiger partial charge in [0.1, 0.15) is 5.82 Å². The van der Waals surface area contributed by atoms with Crippen LogP contribution in [0.15, 0.2) is 53.4 Å². The Morgan fingerprint density at radius 1 is 1.05 bits per heavy atom. The molecule has 1 unspecified atom stereocenters. The van der Waals surface area contributed by atoms with Gasteiger partial charge >= 0.3 is 0 Å². The second kappa shape index (κ2) is 6.94. The second-order valence-corrected chi connectivity index (χ2v) is 5.89. The average Bonchev–Trinajstić information content (AvgIpc) is 2.41. The van der Waals surface area contributed by atoms with Gasteiger partial charge in [-0.15, -0.1) is 11.8 Å². The molecule has 100 valence electrons. The van der Waals surface area contributed by atoms with Crippen LogP contribution in [0.5, 0.6) is 0 Å². The molecule has 4 heteroatoms. The molecule has 0 bridgehead atoms. The van der Waals surface area contributed by atoms with E-state index < -0.39 is 0 Å². The molecule has 0 aliphatic rings. The van der Waals surface area contributed by atoms with Crippen molar-refractivity contribution < 1.29 is 4.39 Å². The molecule has 2 N–H and O–H groups in total. The molecule has 0 heterocycles. The fourth-order valence-corrected chi connectivity index (χ4v) is 2.70. The molecule has 2 aromatic rings. The molecule has 0 aliphatic carbocycles. The van der Waals surface area contributed by atoms with Crippen LogP contribution in [-0.4, -0.2) is 11.8 Å². The zero-order chi connectivity index (χ0) is 13.7. The molecule has 1 nitrogen and oxygen atoms in total. The van der Waals surface area contributed by atoms with Gasteiger partial charge in [-0.25, -0.2) is 4.39 Å². The summed E-state index contributed by atoms with van der Waals surface area (Å²) >= 11 is 7.53. The molecule has 0 fully saturated rings. The first-order valence-electron chi connectivity index (χ1n) is 6.02. The van der Waals surface area contributed by atoms with Crippen LogP contribution in [0.4, 0.5) is 4.39 Å². The highest BCUT2D eigenvalue weighted by Crippen LogP contribution is 2.21. The van der Waals surface area contributed by atoms with Gasteiger partial charge in [0.25, 0.3) is 0 Å². The summed E-state index contributed by atoms with van der Waals surface area (Å²) < 4.78 is 12.8. The number of nitrogens with two attached hydrogens (primary N) is 1. The lowest BCUT2D eigenvalue weighted by atomic mass is 10.1. The smallest absolute Gasteiger partial charge is 0.123 e. The largest absolute Gasteiger partial charge is 0.327 e. The van der Waals surface area contributed by atoms with Crippen LogP contribution in [-0.2, 0) is 6.42 Å². The van der Waals surface area contributed by atoms with Gasteiger partial charge in [0, 0.05) is 21.7 Å². The predicted molar refractivity (Wildman–Crippen MR) is 80.3 cm³/mol. The summed E-state index contributed by atoms with van der Waals surface area (Å²) in [4.78, 5) is 1.15. The topological polar surface area (TPSA) is 26.0 Å². The van der Waals surface area contributed by atoms with Crippen molar-refractivity contribution in [3.63, 3.8) is 0 Å². The quantitative estimate of drug-likeness (QED) is 0.839. The Bertz CT molecular complexity index is 513. The van der Waals surface area contributed by atoms with Crippen LogP contribution in [0, 0.1) is 5.82 Å². The molecule has 0 amide bonds. The van der Waals surface area contributed by atoms with E-state index in [0.29, 0.717) is 0 Å². The van der Waals surface area contributed by atoms with Crippen molar-refractivity contribution in [3.05, 3.63) is 64.9 Å². The van der Waals surface area contributed by atoms with Gasteiger partial charge in [0.2, 0.25) is 0 Å². The molecule has 2 aromatic carbocycles. The van der Waals surface area contributed by atoms with Crippen LogP contribution in [0.1, 0.15) is 5.56 Å². The maximum absolute atomic E-state index is 12.8. The Hall–Kier alpha value is -1.03. The minimum Gasteiger partial charge on any atom is -0.327 e. The van der Waals surface area contributed by atoms with E-state index in [2.05, 4.69) is 0 Å². The average molecular weight is 296 g/mol. The Morgan fingerprint density at radius 2 is 1.68 bits per heavy atom. The zero-order valence-electron chi connectivity index (χ0n) is 10.4. The van der Waals surface area contributed by atoms with Crippen molar-refractivity contribution in [2.75, 3.05) is 5.75 Å². The van der Waals surface area contributed by atoms with E-state index in [-0.39, 0.29) is 11.9 Å². The first-order chi connectivity index (χ1) is 9.13. The SMILES string of the molecule is NC(CSc1ccc(Cl)cc1)Cc1ccc(F)cc1. The first-order valence-corrected chi connectivity index (χ1v) is 7.38. The van der Waals surface area contributed by atoms with E-state index >= 15 is 0 Å². The minimum absolute atomic E-state index is 0.0474. The maximum atomic E-state index is 12.8. The Morgan fingerprint density at radius 3 is 2.32 bits per heavy atom. The molecule has 0 saturated carbocycles. The highest BCUT2D eigenvalue weighted by molar-refractivity contribution is 7.99. The van der Waals surface area contributed by atoms with Gasteiger partial charge in [0.05, 0.1) is 0 Å². The maximum Gasteiger partial charge on any atom is 0.123 e. The molecule has 0 saturated heterocycles. The van der Waals surface area contributed by atoms with Crippen LogP contribution in [0.2, 0.25) is 5.02 Å². The van der Waals surface area contributed by atoms with E-state index in [1.807, 2.05) is 24.3 Å². The lowest BCUT2D eigenvalue weighted by molar-refractivity contribution is 0.626. The summed E-state index contributed by atoms with van der Waals surface area (Å²) in [5.74, 6) is 0.604. The molecule has 2 rings (SSSR count). The van der Waals surface area contributed by atoms with Gasteiger partial charge in [-0.1, -0.05) is 23.7 Å². The number of rotatable bonds is 5. The van der Waals surface area contributed by atoms with E-state index in [4.69, 9.17) is 17.3 Å². The van der Waals surface area contributed by atoms with Gasteiger partial charge < -0.3 is 5.73 Å². The Balaban J connectivity index is 1.82. The molecule has 0 aliphatic heterocycles. The van der Waals surface area contributed by atoms with Crippen molar-refractivity contribution in [3.8, 4) is 0 Å². The molecule has 19 heavy (non-hydrogen) atoms. The van der Waals surface area contributed by atoms with Crippen LogP contribution < -0.4 is 5.73 Å². The standard InChI is InChI=1S/C15H15ClFNS/c16-12-3-7-15(8-4-12)19-10-14(18)9-11-1-5-13(17)6-2-11/h1-8,14H,9-10,18H2. The molecule has 1 atom stereocenters. The molecular formula is C15H15ClFNS. The first kappa shape index (κ1) is 14.4. The van der Waals surface area contributed by atoms with Crippen molar-refractivity contribution >= 4 is 23.4 Å². The Labute approximate surface area is 122 Å². The molecule has 0 radical (unpaired) electrons. The summed E-state index contributed by atoms with van der Waals surface area (Å²) in [6.07, 6.45) is 0.751. The molecular weight excluding hydrogens is 281 g/mol. The van der Waals surface area contributed by atoms with Crippen molar-refractivity contribution in [1.29, 1.82) is 0 Å². The van der Waals surface area contributed by atoms with Crippen LogP contribution in [0.25, 0.3) is 0 Å². The van der Waals surface area contributed by atoms with Crippen molar-refractivity contribution in [1.82, 2.24) is 0 Å². The fraction of sp³-hybridized carbons (Fsp3) is 0.200. The number of hydrogen-bond donors (Lipinski definition) is 1. The van der Waals surface area contributed by atoms with Crippen LogP contribution >= 0.6 is 23.4 Å². The van der Waals surface area contributed by atoms with Gasteiger partial charge in [-0.05, 0) is 48.4 Å². The highest BCUT2D eigenvalue weighted by atomic mass is 35.5. The van der Waals surface area contributed by atoms with Gasteiger partial charge in [0.15, 0.2) is 0 Å². The van der Waals surface area contributed by atoms with E-state index in [0.717, 1.165) is 27.7 Å². The number of hydrogen-bond acceptors (Lipinski definition) is 2. The normalized spacial score (nSPS) is 12.4. The van der Waals surface area contributed by atoms with Crippen LogP contribution in [0.3, 0.4) is 0 Å². The van der Waals surface area contributed by atoms with Gasteiger partial charge in [-0.3, -0.25) is 0 Å². The Kier molecular flexibility index (Phi) is 5.25. The second-order valence-electron chi connectivity index (χ2n) is 4.36. The zero-order valence-corrected chi connectivity index (χ0v) is 11.9. The van der Waals surface area contributed by atoms with E-state index in [1.54, 1.807) is 23.9 Å². The summed E-state index contributed by atoms with van der Waals surface area (Å²) in [6.45, 7) is 0. The fourth-order valence-electron chi connectivity index (χ4n) is 1.72. The lowest BCUT2D eigenvalue weighted by Crippen LogP contribution is -2.25. The van der Waals surface area contributed by atoms with Crippen molar-refractivity contribution in [2.45, 2.75) is 17.4 Å². The van der Waals surface area contributed by atoms with Crippen molar-refractivity contribution in [2.24, 2.45) is 5.73 Å². The third-order valence-corrected chi connectivity index (χ3v) is 4.14. The highest BCUT2D eigenvalue weighted by Gasteiger charge is 2.05. The number of halogens is 2. The monoisotopic (exact) mass is 295 g/mol. The third-order valence-electron chi connectivity index (χ3n) is 2.69. The lowest BCUT2D eigenvalue weighted by Gasteiger charge is -2.11. The number of benzene rings is 2. The van der Waals surface area contributed by atoms with E-state index in [1.165, 1.54) is 12.1 Å². The minimum atomic E-state index is -0.215. The summed E-state index contributed by atoms with van der Waals surface area (Å²) in [5, 5.41) is 0.736.